The van der Waals surface area contributed by atoms with Gasteiger partial charge in [-0.15, -0.1) is 0 Å². The average molecular weight is 498 g/mol. The first kappa shape index (κ1) is 29.9. The molecule has 0 spiro atoms. The minimum atomic E-state index is -0.135. The maximum absolute atomic E-state index is 11.8. The van der Waals surface area contributed by atoms with E-state index in [1.165, 1.54) is 22.0 Å². The van der Waals surface area contributed by atoms with Gasteiger partial charge in [-0.3, -0.25) is 0 Å². The first-order valence-electron chi connectivity index (χ1n) is 13.4. The fourth-order valence-corrected chi connectivity index (χ4v) is 6.34. The fourth-order valence-electron chi connectivity index (χ4n) is 4.55. The molecule has 0 radical (unpaired) electrons. The van der Waals surface area contributed by atoms with Crippen molar-refractivity contribution >= 4 is 13.9 Å². The van der Waals surface area contributed by atoms with Gasteiger partial charge in [-0.25, -0.2) is 0 Å². The normalized spacial score (nSPS) is 15.1. The van der Waals surface area contributed by atoms with E-state index in [0.29, 0.717) is 14.3 Å². The van der Waals surface area contributed by atoms with Gasteiger partial charge in [-0.2, -0.15) is 0 Å². The van der Waals surface area contributed by atoms with Crippen LogP contribution in [0.4, 0.5) is 0 Å². The van der Waals surface area contributed by atoms with Crippen LogP contribution in [-0.4, -0.2) is 10.6 Å². The van der Waals surface area contributed by atoms with Crippen LogP contribution in [0.15, 0.2) is 30.3 Å². The van der Waals surface area contributed by atoms with Crippen LogP contribution in [0.5, 0.6) is 5.75 Å². The van der Waals surface area contributed by atoms with Crippen LogP contribution in [0.3, 0.4) is 0 Å². The smallest absolute Gasteiger partial charge is 0.123 e. The number of aryl methyl sites for hydroxylation is 1. The zero-order valence-corrected chi connectivity index (χ0v) is 25.7. The van der Waals surface area contributed by atoms with E-state index < -0.39 is 0 Å². The van der Waals surface area contributed by atoms with Crippen molar-refractivity contribution in [3.8, 4) is 5.75 Å². The molecule has 2 rings (SSSR count). The largest absolute Gasteiger partial charge is 0.507 e. The van der Waals surface area contributed by atoms with E-state index in [9.17, 15) is 5.11 Å². The molecule has 196 valence electrons. The zero-order chi connectivity index (χ0) is 26.8. The Bertz CT molecular complexity index is 1000. The highest BCUT2D eigenvalue weighted by Crippen LogP contribution is 2.52. The molecule has 0 aromatic heterocycles. The highest BCUT2D eigenvalue weighted by Gasteiger charge is 2.35. The molecule has 0 heterocycles. The molecule has 2 atom stereocenters. The highest BCUT2D eigenvalue weighted by atomic mass is 31.1. The standard InChI is InChI=1S/C32H52NOP/c1-13-14-18-32(12,35-28-22(2)16-15-17-23(28)21-33-31(9,10)11)26-20-24(29(3,4)5)19-25(27(26)34)30(6,7)8/h15-17,19-20,33-35H,13-14,18,21H2,1-12H3. The summed E-state index contributed by atoms with van der Waals surface area (Å²) in [5.74, 6) is 0.500. The van der Waals surface area contributed by atoms with Gasteiger partial charge in [-0.05, 0) is 72.5 Å². The Morgan fingerprint density at radius 2 is 1.46 bits per heavy atom. The molecule has 0 fully saturated rings. The number of hydrogen-bond donors (Lipinski definition) is 2. The number of unbranched alkanes of at least 4 members (excludes halogenated alkanes) is 1. The fraction of sp³-hybridized carbons (Fsp3) is 0.625. The quantitative estimate of drug-likeness (QED) is 0.358. The van der Waals surface area contributed by atoms with Crippen LogP contribution < -0.4 is 10.6 Å². The minimum absolute atomic E-state index is 0.0156. The summed E-state index contributed by atoms with van der Waals surface area (Å²) in [5, 5.41) is 16.8. The Balaban J connectivity index is 2.73. The number of hydrogen-bond acceptors (Lipinski definition) is 2. The van der Waals surface area contributed by atoms with E-state index in [2.05, 4.69) is 119 Å². The van der Waals surface area contributed by atoms with E-state index in [1.807, 2.05) is 0 Å². The molecule has 0 saturated heterocycles. The van der Waals surface area contributed by atoms with E-state index in [4.69, 9.17) is 0 Å². The monoisotopic (exact) mass is 497 g/mol. The van der Waals surface area contributed by atoms with Crippen molar-refractivity contribution in [1.29, 1.82) is 0 Å². The molecule has 0 bridgehead atoms. The average Bonchev–Trinajstić information content (AvgIpc) is 2.70. The molecule has 0 amide bonds. The van der Waals surface area contributed by atoms with Gasteiger partial charge < -0.3 is 10.4 Å². The lowest BCUT2D eigenvalue weighted by Crippen LogP contribution is -2.36. The van der Waals surface area contributed by atoms with Crippen molar-refractivity contribution in [3.05, 3.63) is 58.1 Å². The lowest BCUT2D eigenvalue weighted by Gasteiger charge is -2.36. The predicted molar refractivity (Wildman–Crippen MR) is 158 cm³/mol. The van der Waals surface area contributed by atoms with E-state index >= 15 is 0 Å². The number of nitrogens with one attached hydrogen (secondary N) is 1. The summed E-state index contributed by atoms with van der Waals surface area (Å²) in [6.07, 6.45) is 3.36. The molecule has 2 aromatic carbocycles. The summed E-state index contributed by atoms with van der Waals surface area (Å²) in [7, 11) is 0.583. The first-order chi connectivity index (χ1) is 15.9. The van der Waals surface area contributed by atoms with Crippen molar-refractivity contribution in [2.75, 3.05) is 0 Å². The third-order valence-corrected chi connectivity index (χ3v) is 9.01. The molecule has 2 nitrogen and oxygen atoms in total. The second-order valence-electron chi connectivity index (χ2n) is 13.7. The third-order valence-electron chi connectivity index (χ3n) is 6.98. The van der Waals surface area contributed by atoms with Gasteiger partial charge in [-0.1, -0.05) is 107 Å². The molecule has 2 N–H and O–H groups in total. The summed E-state index contributed by atoms with van der Waals surface area (Å²) in [5.41, 5.74) is 6.18. The molecule has 0 saturated carbocycles. The van der Waals surface area contributed by atoms with Crippen LogP contribution in [-0.2, 0) is 22.5 Å². The van der Waals surface area contributed by atoms with E-state index in [0.717, 1.165) is 36.9 Å². The van der Waals surface area contributed by atoms with E-state index in [-0.39, 0.29) is 21.5 Å². The minimum Gasteiger partial charge on any atom is -0.507 e. The van der Waals surface area contributed by atoms with Crippen LogP contribution in [0, 0.1) is 6.92 Å². The van der Waals surface area contributed by atoms with Gasteiger partial charge in [0.15, 0.2) is 0 Å². The number of phenols is 1. The van der Waals surface area contributed by atoms with Gasteiger partial charge in [0.1, 0.15) is 5.75 Å². The maximum atomic E-state index is 11.8. The molecular weight excluding hydrogens is 445 g/mol. The second kappa shape index (κ2) is 10.9. The lowest BCUT2D eigenvalue weighted by atomic mass is 9.77. The van der Waals surface area contributed by atoms with E-state index in [1.54, 1.807) is 0 Å². The van der Waals surface area contributed by atoms with Crippen LogP contribution in [0.25, 0.3) is 0 Å². The molecule has 2 aromatic rings. The Morgan fingerprint density at radius 3 is 1.97 bits per heavy atom. The Kier molecular flexibility index (Phi) is 9.33. The molecule has 0 aliphatic heterocycles. The SMILES string of the molecule is CCCCC(C)(Pc1c(C)cccc1CNC(C)(C)C)c1cc(C(C)(C)C)cc(C(C)(C)C)c1O. The van der Waals surface area contributed by atoms with Crippen molar-refractivity contribution in [2.45, 2.75) is 130 Å². The molecule has 0 aliphatic rings. The van der Waals surface area contributed by atoms with Crippen molar-refractivity contribution in [2.24, 2.45) is 0 Å². The highest BCUT2D eigenvalue weighted by molar-refractivity contribution is 7.48. The summed E-state index contributed by atoms with van der Waals surface area (Å²) in [4.78, 5) is 0. The van der Waals surface area contributed by atoms with Crippen LogP contribution >= 0.6 is 8.58 Å². The Hall–Kier alpha value is -1.37. The Morgan fingerprint density at radius 1 is 0.857 bits per heavy atom. The molecule has 2 unspecified atom stereocenters. The number of phenolic OH excluding ortho intramolecular Hbond substituents is 1. The zero-order valence-electron chi connectivity index (χ0n) is 24.7. The summed E-state index contributed by atoms with van der Waals surface area (Å²) < 4.78 is 0. The first-order valence-corrected chi connectivity index (χ1v) is 14.4. The van der Waals surface area contributed by atoms with Crippen LogP contribution in [0.2, 0.25) is 0 Å². The predicted octanol–water partition coefficient (Wildman–Crippen LogP) is 8.59. The number of aromatic hydroxyl groups is 1. The van der Waals surface area contributed by atoms with Gasteiger partial charge in [0.25, 0.3) is 0 Å². The third kappa shape index (κ3) is 7.80. The summed E-state index contributed by atoms with van der Waals surface area (Å²) in [6, 6.07) is 11.3. The Labute approximate surface area is 218 Å². The lowest BCUT2D eigenvalue weighted by molar-refractivity contribution is 0.424. The van der Waals surface area contributed by atoms with Crippen molar-refractivity contribution in [3.63, 3.8) is 0 Å². The topological polar surface area (TPSA) is 32.3 Å². The summed E-state index contributed by atoms with van der Waals surface area (Å²) >= 11 is 0. The van der Waals surface area contributed by atoms with Gasteiger partial charge in [0, 0.05) is 22.8 Å². The van der Waals surface area contributed by atoms with Gasteiger partial charge >= 0.3 is 0 Å². The van der Waals surface area contributed by atoms with Gasteiger partial charge in [0.05, 0.1) is 0 Å². The van der Waals surface area contributed by atoms with Gasteiger partial charge in [0.2, 0.25) is 0 Å². The van der Waals surface area contributed by atoms with Crippen molar-refractivity contribution in [1.82, 2.24) is 5.32 Å². The number of rotatable bonds is 8. The maximum Gasteiger partial charge on any atom is 0.123 e. The molecular formula is C32H52NOP. The molecule has 3 heteroatoms. The molecule has 0 aliphatic carbocycles. The summed E-state index contributed by atoms with van der Waals surface area (Å²) in [6.45, 7) is 27.9. The second-order valence-corrected chi connectivity index (χ2v) is 15.5. The number of benzene rings is 2. The van der Waals surface area contributed by atoms with Crippen LogP contribution in [0.1, 0.15) is 123 Å². The molecule has 35 heavy (non-hydrogen) atoms. The van der Waals surface area contributed by atoms with Crippen molar-refractivity contribution < 1.29 is 5.11 Å².